The minimum absolute atomic E-state index is 0.195. The molecule has 1 saturated heterocycles. The molecule has 0 N–H and O–H groups in total. The molecule has 1 amide bonds. The summed E-state index contributed by atoms with van der Waals surface area (Å²) in [5.74, 6) is -0.407. The van der Waals surface area contributed by atoms with Crippen LogP contribution in [0.3, 0.4) is 0 Å². The highest BCUT2D eigenvalue weighted by molar-refractivity contribution is 9.12. The number of rotatable bonds is 5. The van der Waals surface area contributed by atoms with Gasteiger partial charge in [0.15, 0.2) is 5.01 Å². The lowest BCUT2D eigenvalue weighted by molar-refractivity contribution is -0.148. The van der Waals surface area contributed by atoms with E-state index in [2.05, 4.69) is 31.9 Å². The first-order valence-electron chi connectivity index (χ1n) is 6.99. The quantitative estimate of drug-likeness (QED) is 0.526. The van der Waals surface area contributed by atoms with Gasteiger partial charge in [-0.25, -0.2) is 9.59 Å². The number of esters is 1. The number of amides is 1. The van der Waals surface area contributed by atoms with Crippen molar-refractivity contribution in [2.75, 3.05) is 11.9 Å². The molecule has 2 rings (SSSR count). The SMILES string of the molecule is O=C(OC(Br)CBr)[C@@H]1CCCN1C(=O)OCc1ccccc1. The van der Waals surface area contributed by atoms with Crippen LogP contribution < -0.4 is 0 Å². The monoisotopic (exact) mass is 433 g/mol. The summed E-state index contributed by atoms with van der Waals surface area (Å²) in [4.78, 5) is 25.7. The number of nitrogens with zero attached hydrogens (tertiary/aromatic N) is 1. The zero-order valence-corrected chi connectivity index (χ0v) is 15.1. The van der Waals surface area contributed by atoms with E-state index in [-0.39, 0.29) is 6.61 Å². The number of halogens is 2. The van der Waals surface area contributed by atoms with Crippen LogP contribution in [-0.4, -0.2) is 39.9 Å². The molecule has 120 valence electrons. The molecular weight excluding hydrogens is 418 g/mol. The van der Waals surface area contributed by atoms with Gasteiger partial charge in [-0.1, -0.05) is 46.3 Å². The average molecular weight is 435 g/mol. The van der Waals surface area contributed by atoms with E-state index in [4.69, 9.17) is 9.47 Å². The van der Waals surface area contributed by atoms with Crippen LogP contribution in [0.5, 0.6) is 0 Å². The maximum Gasteiger partial charge on any atom is 0.410 e. The van der Waals surface area contributed by atoms with Gasteiger partial charge in [-0.3, -0.25) is 4.90 Å². The van der Waals surface area contributed by atoms with Gasteiger partial charge in [0.1, 0.15) is 12.6 Å². The minimum atomic E-state index is -0.567. The third-order valence-electron chi connectivity index (χ3n) is 3.33. The number of hydrogen-bond donors (Lipinski definition) is 0. The number of carbonyl (C=O) groups is 2. The highest BCUT2D eigenvalue weighted by atomic mass is 79.9. The lowest BCUT2D eigenvalue weighted by atomic mass is 10.2. The highest BCUT2D eigenvalue weighted by Gasteiger charge is 2.36. The van der Waals surface area contributed by atoms with Crippen LogP contribution in [0.1, 0.15) is 18.4 Å². The van der Waals surface area contributed by atoms with Crippen LogP contribution >= 0.6 is 31.9 Å². The van der Waals surface area contributed by atoms with Gasteiger partial charge in [-0.15, -0.1) is 0 Å². The van der Waals surface area contributed by atoms with Crippen LogP contribution in [0.25, 0.3) is 0 Å². The fourth-order valence-electron chi connectivity index (χ4n) is 2.27. The van der Waals surface area contributed by atoms with E-state index < -0.39 is 23.1 Å². The smallest absolute Gasteiger partial charge is 0.410 e. The van der Waals surface area contributed by atoms with Crippen molar-refractivity contribution >= 4 is 43.9 Å². The summed E-state index contributed by atoms with van der Waals surface area (Å²) in [5.41, 5.74) is 0.911. The molecule has 1 aliphatic rings. The third-order valence-corrected chi connectivity index (χ3v) is 5.30. The van der Waals surface area contributed by atoms with Gasteiger partial charge in [-0.2, -0.15) is 0 Å². The largest absolute Gasteiger partial charge is 0.448 e. The van der Waals surface area contributed by atoms with E-state index in [0.29, 0.717) is 18.3 Å². The first kappa shape index (κ1) is 17.3. The number of benzene rings is 1. The Labute approximate surface area is 146 Å². The standard InChI is InChI=1S/C15H17Br2NO4/c16-9-13(17)22-14(19)12-7-4-8-18(12)15(20)21-10-11-5-2-1-3-6-11/h1-3,5-6,12-13H,4,7-10H2/t12-,13?/m0/s1. The molecule has 0 bridgehead atoms. The molecule has 5 nitrogen and oxygen atoms in total. The predicted octanol–water partition coefficient (Wildman–Crippen LogP) is 3.45. The molecule has 0 aromatic heterocycles. The van der Waals surface area contributed by atoms with Crippen LogP contribution in [0.15, 0.2) is 30.3 Å². The Kier molecular flexibility index (Phi) is 6.70. The second-order valence-electron chi connectivity index (χ2n) is 4.89. The van der Waals surface area contributed by atoms with Crippen molar-refractivity contribution < 1.29 is 19.1 Å². The molecule has 22 heavy (non-hydrogen) atoms. The van der Waals surface area contributed by atoms with E-state index in [1.165, 1.54) is 4.90 Å². The van der Waals surface area contributed by atoms with Crippen molar-refractivity contribution in [3.63, 3.8) is 0 Å². The normalized spacial score (nSPS) is 18.8. The van der Waals surface area contributed by atoms with Crippen molar-refractivity contribution in [3.8, 4) is 0 Å². The fourth-order valence-corrected chi connectivity index (χ4v) is 2.58. The molecule has 1 heterocycles. The van der Waals surface area contributed by atoms with E-state index in [1.807, 2.05) is 30.3 Å². The van der Waals surface area contributed by atoms with Crippen molar-refractivity contribution in [2.45, 2.75) is 30.5 Å². The number of carbonyl (C=O) groups excluding carboxylic acids is 2. The van der Waals surface area contributed by atoms with Crippen molar-refractivity contribution in [1.82, 2.24) is 4.90 Å². The molecule has 1 fully saturated rings. The summed E-state index contributed by atoms with van der Waals surface area (Å²) in [6.07, 6.45) is 0.885. The molecular formula is C15H17Br2NO4. The number of alkyl halides is 2. The summed E-state index contributed by atoms with van der Waals surface area (Å²) in [7, 11) is 0. The Balaban J connectivity index is 1.89. The number of hydrogen-bond acceptors (Lipinski definition) is 4. The molecule has 2 atom stereocenters. The summed E-state index contributed by atoms with van der Waals surface area (Å²) in [6.45, 7) is 0.703. The summed E-state index contributed by atoms with van der Waals surface area (Å²) in [6, 6.07) is 8.87. The Morgan fingerprint density at radius 2 is 2.05 bits per heavy atom. The maximum absolute atomic E-state index is 12.2. The van der Waals surface area contributed by atoms with Crippen molar-refractivity contribution in [2.24, 2.45) is 0 Å². The molecule has 0 saturated carbocycles. The van der Waals surface area contributed by atoms with Gasteiger partial charge in [0.25, 0.3) is 0 Å². The first-order valence-corrected chi connectivity index (χ1v) is 9.03. The lowest BCUT2D eigenvalue weighted by Gasteiger charge is -2.23. The lowest BCUT2D eigenvalue weighted by Crippen LogP contribution is -2.42. The van der Waals surface area contributed by atoms with E-state index in [9.17, 15) is 9.59 Å². The van der Waals surface area contributed by atoms with E-state index >= 15 is 0 Å². The molecule has 1 aromatic rings. The Morgan fingerprint density at radius 3 is 2.73 bits per heavy atom. The molecule has 0 radical (unpaired) electrons. The summed E-state index contributed by atoms with van der Waals surface area (Å²) < 4.78 is 10.5. The second-order valence-corrected chi connectivity index (χ2v) is 6.56. The van der Waals surface area contributed by atoms with Gasteiger partial charge in [0.05, 0.1) is 5.33 Å². The van der Waals surface area contributed by atoms with Crippen LogP contribution in [0.4, 0.5) is 4.79 Å². The van der Waals surface area contributed by atoms with Crippen LogP contribution in [0, 0.1) is 0 Å². The predicted molar refractivity (Wildman–Crippen MR) is 89.0 cm³/mol. The van der Waals surface area contributed by atoms with Crippen LogP contribution in [-0.2, 0) is 20.9 Å². The van der Waals surface area contributed by atoms with Gasteiger partial charge in [0, 0.05) is 6.54 Å². The number of likely N-dealkylation sites (tertiary alicyclic amines) is 1. The molecule has 1 aromatic carbocycles. The molecule has 1 aliphatic heterocycles. The van der Waals surface area contributed by atoms with Crippen molar-refractivity contribution in [3.05, 3.63) is 35.9 Å². The fraction of sp³-hybridized carbons (Fsp3) is 0.467. The van der Waals surface area contributed by atoms with E-state index in [0.717, 1.165) is 12.0 Å². The second kappa shape index (κ2) is 8.53. The topological polar surface area (TPSA) is 55.8 Å². The first-order chi connectivity index (χ1) is 10.6. The average Bonchev–Trinajstić information content (AvgIpc) is 3.03. The summed E-state index contributed by atoms with van der Waals surface area (Å²) in [5, 5.41) is 0.0898. The Bertz CT molecular complexity index is 512. The molecule has 1 unspecified atom stereocenters. The van der Waals surface area contributed by atoms with Gasteiger partial charge < -0.3 is 9.47 Å². The number of ether oxygens (including phenoxy) is 2. The maximum atomic E-state index is 12.2. The van der Waals surface area contributed by atoms with Gasteiger partial charge in [0.2, 0.25) is 0 Å². The van der Waals surface area contributed by atoms with Gasteiger partial charge in [-0.05, 0) is 34.3 Å². The van der Waals surface area contributed by atoms with Crippen LogP contribution in [0.2, 0.25) is 0 Å². The van der Waals surface area contributed by atoms with E-state index in [1.54, 1.807) is 0 Å². The zero-order chi connectivity index (χ0) is 15.9. The van der Waals surface area contributed by atoms with Gasteiger partial charge >= 0.3 is 12.1 Å². The summed E-state index contributed by atoms with van der Waals surface area (Å²) >= 11 is 6.44. The zero-order valence-electron chi connectivity index (χ0n) is 11.9. The van der Waals surface area contributed by atoms with Crippen molar-refractivity contribution in [1.29, 1.82) is 0 Å². The molecule has 7 heteroatoms. The molecule has 0 aliphatic carbocycles. The minimum Gasteiger partial charge on any atom is -0.448 e. The highest BCUT2D eigenvalue weighted by Crippen LogP contribution is 2.21. The Hall–Kier alpha value is -1.08. The Morgan fingerprint density at radius 1 is 1.32 bits per heavy atom. The molecule has 0 spiro atoms. The third kappa shape index (κ3) is 4.71.